The predicted octanol–water partition coefficient (Wildman–Crippen LogP) is 1.93. The minimum atomic E-state index is -4.32. The van der Waals surface area contributed by atoms with Crippen molar-refractivity contribution in [3.8, 4) is 0 Å². The minimum absolute atomic E-state index is 0.146. The van der Waals surface area contributed by atoms with E-state index in [1.807, 2.05) is 0 Å². The highest BCUT2D eigenvalue weighted by Crippen LogP contribution is 2.23. The van der Waals surface area contributed by atoms with Gasteiger partial charge in [-0.2, -0.15) is 13.2 Å². The largest absolute Gasteiger partial charge is 0.405 e. The highest BCUT2D eigenvalue weighted by molar-refractivity contribution is 5.26. The van der Waals surface area contributed by atoms with Gasteiger partial charge in [0, 0.05) is 0 Å². The van der Waals surface area contributed by atoms with Crippen molar-refractivity contribution in [3.63, 3.8) is 0 Å². The van der Waals surface area contributed by atoms with Crippen LogP contribution in [-0.2, 0) is 6.42 Å². The number of alkyl halides is 3. The fourth-order valence-electron chi connectivity index (χ4n) is 1.33. The molecule has 1 unspecified atom stereocenters. The van der Waals surface area contributed by atoms with Gasteiger partial charge in [0.1, 0.15) is 6.04 Å². The average Bonchev–Trinajstić information content (AvgIpc) is 2.14. The third-order valence-corrected chi connectivity index (χ3v) is 2.28. The number of nitrogens with one attached hydrogen (secondary N) is 1. The third-order valence-electron chi connectivity index (χ3n) is 2.28. The van der Waals surface area contributed by atoms with Crippen LogP contribution in [-0.4, -0.2) is 12.2 Å². The van der Waals surface area contributed by atoms with Gasteiger partial charge in [0.25, 0.3) is 0 Å². The second-order valence-electron chi connectivity index (χ2n) is 3.39. The second-order valence-corrected chi connectivity index (χ2v) is 3.39. The molecule has 0 aliphatic rings. The van der Waals surface area contributed by atoms with Gasteiger partial charge in [-0.1, -0.05) is 24.3 Å². The van der Waals surface area contributed by atoms with Gasteiger partial charge in [0.2, 0.25) is 0 Å². The van der Waals surface area contributed by atoms with E-state index in [1.165, 1.54) is 0 Å². The molecule has 0 bridgehead atoms. The maximum absolute atomic E-state index is 12.4. The molecule has 0 saturated heterocycles. The summed E-state index contributed by atoms with van der Waals surface area (Å²) in [6.07, 6.45) is -4.47. The van der Waals surface area contributed by atoms with E-state index in [0.29, 0.717) is 5.56 Å². The summed E-state index contributed by atoms with van der Waals surface area (Å²) in [5, 5.41) is 0. The summed E-state index contributed by atoms with van der Waals surface area (Å²) >= 11 is 0. The van der Waals surface area contributed by atoms with Crippen LogP contribution in [0.2, 0.25) is 0 Å². The highest BCUT2D eigenvalue weighted by atomic mass is 19.4. The predicted molar refractivity (Wildman–Crippen MR) is 52.0 cm³/mol. The quantitative estimate of drug-likeness (QED) is 0.601. The first-order valence-electron chi connectivity index (χ1n) is 4.52. The van der Waals surface area contributed by atoms with Crippen LogP contribution in [0.25, 0.3) is 0 Å². The molecule has 0 radical (unpaired) electrons. The average molecular weight is 218 g/mol. The maximum Gasteiger partial charge on any atom is 0.405 e. The second kappa shape index (κ2) is 4.63. The Morgan fingerprint density at radius 3 is 2.40 bits per heavy atom. The molecule has 1 aromatic rings. The van der Waals surface area contributed by atoms with Crippen LogP contribution < -0.4 is 11.3 Å². The molecule has 0 aliphatic carbocycles. The Morgan fingerprint density at radius 2 is 1.93 bits per heavy atom. The molecular weight excluding hydrogens is 205 g/mol. The summed E-state index contributed by atoms with van der Waals surface area (Å²) in [6.45, 7) is 1.78. The first-order chi connectivity index (χ1) is 6.95. The lowest BCUT2D eigenvalue weighted by Crippen LogP contribution is -2.47. The molecule has 3 N–H and O–H groups in total. The number of hydrogen-bond acceptors (Lipinski definition) is 2. The Kier molecular flexibility index (Phi) is 3.71. The number of benzene rings is 1. The molecule has 2 nitrogen and oxygen atoms in total. The number of halogens is 3. The van der Waals surface area contributed by atoms with Gasteiger partial charge in [-0.05, 0) is 24.5 Å². The van der Waals surface area contributed by atoms with E-state index in [4.69, 9.17) is 5.84 Å². The molecule has 84 valence electrons. The topological polar surface area (TPSA) is 38.0 Å². The third kappa shape index (κ3) is 3.21. The molecule has 0 aromatic heterocycles. The monoisotopic (exact) mass is 218 g/mol. The summed E-state index contributed by atoms with van der Waals surface area (Å²) < 4.78 is 37.2. The Hall–Kier alpha value is -1.07. The zero-order chi connectivity index (χ0) is 11.5. The van der Waals surface area contributed by atoms with Crippen molar-refractivity contribution >= 4 is 0 Å². The Morgan fingerprint density at radius 1 is 1.33 bits per heavy atom. The van der Waals surface area contributed by atoms with Gasteiger partial charge in [0.05, 0.1) is 0 Å². The highest BCUT2D eigenvalue weighted by Gasteiger charge is 2.38. The van der Waals surface area contributed by atoms with Crippen molar-refractivity contribution in [3.05, 3.63) is 35.4 Å². The van der Waals surface area contributed by atoms with Gasteiger partial charge in [-0.25, -0.2) is 5.43 Å². The number of hydrogen-bond donors (Lipinski definition) is 2. The van der Waals surface area contributed by atoms with Gasteiger partial charge in [-0.15, -0.1) is 0 Å². The van der Waals surface area contributed by atoms with E-state index in [0.717, 1.165) is 5.56 Å². The number of aryl methyl sites for hydroxylation is 1. The van der Waals surface area contributed by atoms with Crippen LogP contribution >= 0.6 is 0 Å². The zero-order valence-electron chi connectivity index (χ0n) is 8.31. The van der Waals surface area contributed by atoms with E-state index in [9.17, 15) is 13.2 Å². The van der Waals surface area contributed by atoms with E-state index >= 15 is 0 Å². The van der Waals surface area contributed by atoms with Crippen molar-refractivity contribution in [2.75, 3.05) is 0 Å². The first-order valence-corrected chi connectivity index (χ1v) is 4.52. The Balaban J connectivity index is 2.80. The van der Waals surface area contributed by atoms with Crippen LogP contribution in [0.1, 0.15) is 11.1 Å². The van der Waals surface area contributed by atoms with E-state index in [1.54, 1.807) is 36.6 Å². The van der Waals surface area contributed by atoms with Crippen molar-refractivity contribution in [1.82, 2.24) is 5.43 Å². The summed E-state index contributed by atoms with van der Waals surface area (Å²) in [5.41, 5.74) is 3.28. The van der Waals surface area contributed by atoms with E-state index in [-0.39, 0.29) is 6.42 Å². The molecule has 0 spiro atoms. The molecule has 1 aromatic carbocycles. The lowest BCUT2D eigenvalue weighted by atomic mass is 10.0. The molecule has 15 heavy (non-hydrogen) atoms. The van der Waals surface area contributed by atoms with Gasteiger partial charge in [0.15, 0.2) is 0 Å². The molecule has 0 heterocycles. The van der Waals surface area contributed by atoms with E-state index < -0.39 is 12.2 Å². The standard InChI is InChI=1S/C10H13F3N2/c1-7-4-2-3-5-8(7)6-9(15-14)10(11,12)13/h2-5,9,15H,6,14H2,1H3. The molecule has 0 fully saturated rings. The van der Waals surface area contributed by atoms with Crippen LogP contribution in [0, 0.1) is 6.92 Å². The summed E-state index contributed by atoms with van der Waals surface area (Å²) in [6, 6.07) is 5.26. The number of nitrogens with two attached hydrogens (primary N) is 1. The van der Waals surface area contributed by atoms with Crippen LogP contribution in [0.5, 0.6) is 0 Å². The zero-order valence-corrected chi connectivity index (χ0v) is 8.31. The molecular formula is C10H13F3N2. The number of rotatable bonds is 3. The number of hydrazine groups is 1. The van der Waals surface area contributed by atoms with Crippen LogP contribution in [0.15, 0.2) is 24.3 Å². The van der Waals surface area contributed by atoms with Crippen molar-refractivity contribution in [2.45, 2.75) is 25.6 Å². The summed E-state index contributed by atoms with van der Waals surface area (Å²) in [5.74, 6) is 4.89. The normalized spacial score (nSPS) is 13.9. The lowest BCUT2D eigenvalue weighted by molar-refractivity contribution is -0.155. The SMILES string of the molecule is Cc1ccccc1CC(NN)C(F)(F)F. The molecule has 5 heteroatoms. The van der Waals surface area contributed by atoms with Crippen molar-refractivity contribution in [1.29, 1.82) is 0 Å². The fourth-order valence-corrected chi connectivity index (χ4v) is 1.33. The maximum atomic E-state index is 12.4. The Bertz CT molecular complexity index is 323. The van der Waals surface area contributed by atoms with Crippen LogP contribution in [0.4, 0.5) is 13.2 Å². The first kappa shape index (κ1) is 12.0. The summed E-state index contributed by atoms with van der Waals surface area (Å²) in [7, 11) is 0. The smallest absolute Gasteiger partial charge is 0.271 e. The molecule has 0 aliphatic heterocycles. The van der Waals surface area contributed by atoms with Gasteiger partial charge >= 0.3 is 6.18 Å². The van der Waals surface area contributed by atoms with Gasteiger partial charge < -0.3 is 0 Å². The molecule has 0 saturated carbocycles. The minimum Gasteiger partial charge on any atom is -0.271 e. The van der Waals surface area contributed by atoms with Crippen LogP contribution in [0.3, 0.4) is 0 Å². The van der Waals surface area contributed by atoms with Crippen molar-refractivity contribution in [2.24, 2.45) is 5.84 Å². The molecule has 0 amide bonds. The van der Waals surface area contributed by atoms with Crippen molar-refractivity contribution < 1.29 is 13.2 Å². The molecule has 1 rings (SSSR count). The fraction of sp³-hybridized carbons (Fsp3) is 0.400. The lowest BCUT2D eigenvalue weighted by Gasteiger charge is -2.19. The Labute approximate surface area is 86.2 Å². The van der Waals surface area contributed by atoms with E-state index in [2.05, 4.69) is 0 Å². The molecule has 1 atom stereocenters. The van der Waals surface area contributed by atoms with Gasteiger partial charge in [-0.3, -0.25) is 5.84 Å². The summed E-state index contributed by atoms with van der Waals surface area (Å²) in [4.78, 5) is 0.